The van der Waals surface area contributed by atoms with Gasteiger partial charge in [0.15, 0.2) is 0 Å². The Morgan fingerprint density at radius 1 is 1.42 bits per heavy atom. The first-order chi connectivity index (χ1) is 9.13. The summed E-state index contributed by atoms with van der Waals surface area (Å²) < 4.78 is 0. The lowest BCUT2D eigenvalue weighted by Gasteiger charge is -2.24. The second kappa shape index (κ2) is 7.85. The number of hydrogen-bond acceptors (Lipinski definition) is 3. The van der Waals surface area contributed by atoms with Crippen LogP contribution in [-0.4, -0.2) is 24.7 Å². The second-order valence-corrected chi connectivity index (χ2v) is 4.76. The fraction of sp³-hybridized carbons (Fsp3) is 0.500. The van der Waals surface area contributed by atoms with Crippen LogP contribution >= 0.6 is 0 Å². The van der Waals surface area contributed by atoms with Gasteiger partial charge in [0, 0.05) is 36.4 Å². The number of phenolic OH excluding ortho intramolecular Hbond substituents is 1. The molecule has 0 bridgehead atoms. The SMILES string of the molecule is C=CCN(CCC)c1ccc(C(C)NCC)c(O)c1. The Bertz CT molecular complexity index is 404. The smallest absolute Gasteiger partial charge is 0.122 e. The Balaban J connectivity index is 2.93. The van der Waals surface area contributed by atoms with Gasteiger partial charge in [0.25, 0.3) is 0 Å². The van der Waals surface area contributed by atoms with E-state index in [0.29, 0.717) is 5.75 Å². The van der Waals surface area contributed by atoms with Gasteiger partial charge in [0.1, 0.15) is 5.75 Å². The number of rotatable bonds is 8. The molecule has 1 atom stereocenters. The average Bonchev–Trinajstić information content (AvgIpc) is 2.38. The van der Waals surface area contributed by atoms with E-state index in [4.69, 9.17) is 0 Å². The Hall–Kier alpha value is -1.48. The first-order valence-electron chi connectivity index (χ1n) is 7.06. The molecule has 0 amide bonds. The van der Waals surface area contributed by atoms with Gasteiger partial charge in [-0.2, -0.15) is 0 Å². The van der Waals surface area contributed by atoms with Crippen molar-refractivity contribution in [2.75, 3.05) is 24.5 Å². The Morgan fingerprint density at radius 3 is 2.68 bits per heavy atom. The van der Waals surface area contributed by atoms with Crippen LogP contribution in [0.15, 0.2) is 30.9 Å². The van der Waals surface area contributed by atoms with Crippen LogP contribution in [-0.2, 0) is 0 Å². The van der Waals surface area contributed by atoms with Gasteiger partial charge in [0.2, 0.25) is 0 Å². The summed E-state index contributed by atoms with van der Waals surface area (Å²) in [6.45, 7) is 12.7. The molecule has 1 unspecified atom stereocenters. The summed E-state index contributed by atoms with van der Waals surface area (Å²) in [5.41, 5.74) is 1.99. The van der Waals surface area contributed by atoms with Crippen molar-refractivity contribution in [3.63, 3.8) is 0 Å². The van der Waals surface area contributed by atoms with Crippen LogP contribution in [0.5, 0.6) is 5.75 Å². The van der Waals surface area contributed by atoms with Crippen molar-refractivity contribution in [1.29, 1.82) is 0 Å². The summed E-state index contributed by atoms with van der Waals surface area (Å²) in [4.78, 5) is 2.22. The van der Waals surface area contributed by atoms with Crippen LogP contribution in [0.2, 0.25) is 0 Å². The monoisotopic (exact) mass is 262 g/mol. The van der Waals surface area contributed by atoms with Crippen molar-refractivity contribution in [3.8, 4) is 5.75 Å². The molecule has 1 aromatic rings. The van der Waals surface area contributed by atoms with Crippen LogP contribution in [0.1, 0.15) is 38.8 Å². The molecule has 0 saturated carbocycles. The Labute approximate surface area is 116 Å². The van der Waals surface area contributed by atoms with E-state index in [9.17, 15) is 5.11 Å². The topological polar surface area (TPSA) is 35.5 Å². The fourth-order valence-corrected chi connectivity index (χ4v) is 2.26. The lowest BCUT2D eigenvalue weighted by atomic mass is 10.1. The number of aromatic hydroxyl groups is 1. The van der Waals surface area contributed by atoms with Crippen LogP contribution < -0.4 is 10.2 Å². The molecule has 0 aromatic heterocycles. The van der Waals surface area contributed by atoms with Crippen molar-refractivity contribution in [1.82, 2.24) is 5.32 Å². The van der Waals surface area contributed by atoms with Crippen molar-refractivity contribution >= 4 is 5.69 Å². The summed E-state index contributed by atoms with van der Waals surface area (Å²) in [7, 11) is 0. The average molecular weight is 262 g/mol. The molecule has 0 radical (unpaired) electrons. The molecule has 0 aliphatic rings. The zero-order valence-electron chi connectivity index (χ0n) is 12.3. The van der Waals surface area contributed by atoms with E-state index < -0.39 is 0 Å². The minimum absolute atomic E-state index is 0.165. The van der Waals surface area contributed by atoms with E-state index in [-0.39, 0.29) is 6.04 Å². The lowest BCUT2D eigenvalue weighted by Crippen LogP contribution is -2.24. The largest absolute Gasteiger partial charge is 0.508 e. The Kier molecular flexibility index (Phi) is 6.43. The number of benzene rings is 1. The number of anilines is 1. The van der Waals surface area contributed by atoms with Crippen LogP contribution in [0.25, 0.3) is 0 Å². The zero-order chi connectivity index (χ0) is 14.3. The molecule has 3 nitrogen and oxygen atoms in total. The maximum Gasteiger partial charge on any atom is 0.122 e. The molecule has 1 rings (SSSR count). The van der Waals surface area contributed by atoms with Crippen LogP contribution in [0, 0.1) is 0 Å². The van der Waals surface area contributed by atoms with E-state index in [1.165, 1.54) is 0 Å². The highest BCUT2D eigenvalue weighted by atomic mass is 16.3. The minimum atomic E-state index is 0.165. The standard InChI is InChI=1S/C16H26N2O/c1-5-10-18(11-6-2)14-8-9-15(16(19)12-14)13(4)17-7-3/h5,8-9,12-13,17,19H,1,6-7,10-11H2,2-4H3. The molecule has 0 aliphatic carbocycles. The van der Waals surface area contributed by atoms with Crippen LogP contribution in [0.4, 0.5) is 5.69 Å². The highest BCUT2D eigenvalue weighted by Gasteiger charge is 2.12. The van der Waals surface area contributed by atoms with Gasteiger partial charge < -0.3 is 15.3 Å². The molecule has 19 heavy (non-hydrogen) atoms. The zero-order valence-corrected chi connectivity index (χ0v) is 12.3. The summed E-state index contributed by atoms with van der Waals surface area (Å²) in [5.74, 6) is 0.358. The summed E-state index contributed by atoms with van der Waals surface area (Å²) in [6, 6.07) is 6.09. The molecular formula is C16H26N2O. The van der Waals surface area contributed by atoms with Gasteiger partial charge in [-0.05, 0) is 26.0 Å². The van der Waals surface area contributed by atoms with Gasteiger partial charge in [0.05, 0.1) is 0 Å². The maximum absolute atomic E-state index is 10.2. The molecule has 106 valence electrons. The first kappa shape index (κ1) is 15.6. The summed E-state index contributed by atoms with van der Waals surface area (Å²) in [5, 5.41) is 13.5. The van der Waals surface area contributed by atoms with Crippen molar-refractivity contribution in [2.45, 2.75) is 33.2 Å². The third-order valence-electron chi connectivity index (χ3n) is 3.20. The molecule has 2 N–H and O–H groups in total. The fourth-order valence-electron chi connectivity index (χ4n) is 2.26. The second-order valence-electron chi connectivity index (χ2n) is 4.76. The Morgan fingerprint density at radius 2 is 2.16 bits per heavy atom. The van der Waals surface area contributed by atoms with Gasteiger partial charge in [-0.3, -0.25) is 0 Å². The number of hydrogen-bond donors (Lipinski definition) is 2. The van der Waals surface area contributed by atoms with Crippen LogP contribution in [0.3, 0.4) is 0 Å². The van der Waals surface area contributed by atoms with Gasteiger partial charge in [-0.25, -0.2) is 0 Å². The predicted molar refractivity (Wildman–Crippen MR) is 82.9 cm³/mol. The molecule has 0 aliphatic heterocycles. The van der Waals surface area contributed by atoms with E-state index in [2.05, 4.69) is 43.6 Å². The van der Waals surface area contributed by atoms with Crippen molar-refractivity contribution < 1.29 is 5.11 Å². The molecule has 1 aromatic carbocycles. The molecule has 0 saturated heterocycles. The highest BCUT2D eigenvalue weighted by Crippen LogP contribution is 2.29. The quantitative estimate of drug-likeness (QED) is 0.704. The highest BCUT2D eigenvalue weighted by molar-refractivity contribution is 5.54. The van der Waals surface area contributed by atoms with E-state index in [1.807, 2.05) is 18.2 Å². The lowest BCUT2D eigenvalue weighted by molar-refractivity contribution is 0.454. The predicted octanol–water partition coefficient (Wildman–Crippen LogP) is 3.47. The first-order valence-corrected chi connectivity index (χ1v) is 7.06. The molecule has 0 spiro atoms. The maximum atomic E-state index is 10.2. The molecule has 0 heterocycles. The van der Waals surface area contributed by atoms with E-state index >= 15 is 0 Å². The van der Waals surface area contributed by atoms with Gasteiger partial charge in [-0.1, -0.05) is 26.0 Å². The molecule has 0 fully saturated rings. The molecular weight excluding hydrogens is 236 g/mol. The third kappa shape index (κ3) is 4.28. The van der Waals surface area contributed by atoms with Gasteiger partial charge in [-0.15, -0.1) is 6.58 Å². The minimum Gasteiger partial charge on any atom is -0.508 e. The molecule has 3 heteroatoms. The number of nitrogens with one attached hydrogen (secondary N) is 1. The van der Waals surface area contributed by atoms with Crippen molar-refractivity contribution in [3.05, 3.63) is 36.4 Å². The summed E-state index contributed by atoms with van der Waals surface area (Å²) >= 11 is 0. The van der Waals surface area contributed by atoms with Crippen molar-refractivity contribution in [2.24, 2.45) is 0 Å². The summed E-state index contributed by atoms with van der Waals surface area (Å²) in [6.07, 6.45) is 2.96. The normalized spacial score (nSPS) is 12.2. The third-order valence-corrected chi connectivity index (χ3v) is 3.20. The number of nitrogens with zero attached hydrogens (tertiary/aromatic N) is 1. The number of phenols is 1. The van der Waals surface area contributed by atoms with E-state index in [1.54, 1.807) is 0 Å². The van der Waals surface area contributed by atoms with Gasteiger partial charge >= 0.3 is 0 Å². The van der Waals surface area contributed by atoms with E-state index in [0.717, 1.165) is 37.3 Å².